The number of rotatable bonds is 4. The van der Waals surface area contributed by atoms with E-state index in [1.54, 1.807) is 0 Å². The summed E-state index contributed by atoms with van der Waals surface area (Å²) in [4.78, 5) is 12.1. The Labute approximate surface area is 117 Å². The number of benzene rings is 1. The van der Waals surface area contributed by atoms with Gasteiger partial charge in [0.15, 0.2) is 0 Å². The number of carbonyl (C=O) groups is 1. The Kier molecular flexibility index (Phi) is 3.72. The van der Waals surface area contributed by atoms with Gasteiger partial charge in [0, 0.05) is 18.5 Å². The molecule has 0 aromatic heterocycles. The van der Waals surface area contributed by atoms with E-state index in [0.717, 1.165) is 18.4 Å². The van der Waals surface area contributed by atoms with Crippen molar-refractivity contribution in [3.05, 3.63) is 35.4 Å². The SMILES string of the molecule is O=C(NCCc1cc(F)cc(F)c1)[C@H]1C[C@H]2CC[C@H]1C2. The molecule has 108 valence electrons. The number of hydrogen-bond acceptors (Lipinski definition) is 1. The summed E-state index contributed by atoms with van der Waals surface area (Å²) in [5.41, 5.74) is 0.579. The first-order valence-corrected chi connectivity index (χ1v) is 7.34. The maximum absolute atomic E-state index is 13.0. The number of carbonyl (C=O) groups excluding carboxylic acids is 1. The first-order chi connectivity index (χ1) is 9.61. The van der Waals surface area contributed by atoms with Gasteiger partial charge in [-0.05, 0) is 55.2 Å². The smallest absolute Gasteiger partial charge is 0.223 e. The number of fused-ring (bicyclic) bond motifs is 2. The zero-order chi connectivity index (χ0) is 14.1. The van der Waals surface area contributed by atoms with Crippen LogP contribution in [0.5, 0.6) is 0 Å². The fraction of sp³-hybridized carbons (Fsp3) is 0.562. The highest BCUT2D eigenvalue weighted by Crippen LogP contribution is 2.48. The lowest BCUT2D eigenvalue weighted by molar-refractivity contribution is -0.126. The van der Waals surface area contributed by atoms with Crippen LogP contribution in [-0.2, 0) is 11.2 Å². The minimum atomic E-state index is -0.570. The third-order valence-electron chi connectivity index (χ3n) is 4.71. The lowest BCUT2D eigenvalue weighted by Crippen LogP contribution is -2.34. The van der Waals surface area contributed by atoms with Gasteiger partial charge in [0.1, 0.15) is 11.6 Å². The molecule has 2 bridgehead atoms. The highest BCUT2D eigenvalue weighted by atomic mass is 19.1. The lowest BCUT2D eigenvalue weighted by atomic mass is 9.88. The van der Waals surface area contributed by atoms with E-state index in [-0.39, 0.29) is 11.8 Å². The molecule has 2 saturated carbocycles. The summed E-state index contributed by atoms with van der Waals surface area (Å²) in [6, 6.07) is 3.48. The van der Waals surface area contributed by atoms with Crippen LogP contribution in [0, 0.1) is 29.4 Å². The molecule has 1 aromatic rings. The van der Waals surface area contributed by atoms with Crippen molar-refractivity contribution < 1.29 is 13.6 Å². The first kappa shape index (κ1) is 13.5. The molecule has 2 aliphatic carbocycles. The molecule has 4 heteroatoms. The largest absolute Gasteiger partial charge is 0.356 e. The summed E-state index contributed by atoms with van der Waals surface area (Å²) in [5, 5.41) is 2.91. The Morgan fingerprint density at radius 2 is 1.90 bits per heavy atom. The van der Waals surface area contributed by atoms with Crippen molar-refractivity contribution in [1.82, 2.24) is 5.32 Å². The van der Waals surface area contributed by atoms with Gasteiger partial charge in [-0.25, -0.2) is 8.78 Å². The van der Waals surface area contributed by atoms with E-state index in [1.165, 1.54) is 31.4 Å². The van der Waals surface area contributed by atoms with Crippen LogP contribution < -0.4 is 5.32 Å². The molecule has 0 heterocycles. The minimum Gasteiger partial charge on any atom is -0.356 e. The van der Waals surface area contributed by atoms with Crippen LogP contribution in [0.4, 0.5) is 8.78 Å². The topological polar surface area (TPSA) is 29.1 Å². The Balaban J connectivity index is 1.49. The zero-order valence-corrected chi connectivity index (χ0v) is 11.4. The number of halogens is 2. The maximum Gasteiger partial charge on any atom is 0.223 e. The second-order valence-electron chi connectivity index (χ2n) is 6.10. The van der Waals surface area contributed by atoms with Crippen molar-refractivity contribution in [2.75, 3.05) is 6.54 Å². The summed E-state index contributed by atoms with van der Waals surface area (Å²) < 4.78 is 26.1. The van der Waals surface area contributed by atoms with Crippen molar-refractivity contribution in [3.8, 4) is 0 Å². The summed E-state index contributed by atoms with van der Waals surface area (Å²) in [5.74, 6) is 0.450. The third kappa shape index (κ3) is 2.84. The Morgan fingerprint density at radius 3 is 2.50 bits per heavy atom. The molecule has 1 amide bonds. The van der Waals surface area contributed by atoms with Crippen molar-refractivity contribution >= 4 is 5.91 Å². The van der Waals surface area contributed by atoms with Crippen LogP contribution in [0.25, 0.3) is 0 Å². The molecular weight excluding hydrogens is 260 g/mol. The molecule has 0 radical (unpaired) electrons. The molecule has 2 aliphatic rings. The summed E-state index contributed by atoms with van der Waals surface area (Å²) in [6.45, 7) is 0.440. The van der Waals surface area contributed by atoms with Crippen LogP contribution >= 0.6 is 0 Å². The van der Waals surface area contributed by atoms with E-state index in [4.69, 9.17) is 0 Å². The first-order valence-electron chi connectivity index (χ1n) is 7.34. The molecule has 1 aromatic carbocycles. The minimum absolute atomic E-state index is 0.120. The molecule has 2 fully saturated rings. The van der Waals surface area contributed by atoms with Gasteiger partial charge >= 0.3 is 0 Å². The standard InChI is InChI=1S/C16H19F2NO/c17-13-6-11(7-14(18)9-13)3-4-19-16(20)15-8-10-1-2-12(15)5-10/h6-7,9-10,12,15H,1-5,8H2,(H,19,20)/t10-,12-,15-/m0/s1. The molecule has 3 rings (SSSR count). The maximum atomic E-state index is 13.0. The van der Waals surface area contributed by atoms with E-state index in [1.807, 2.05) is 0 Å². The molecule has 0 unspecified atom stereocenters. The normalized spacial score (nSPS) is 27.8. The van der Waals surface area contributed by atoms with Crippen molar-refractivity contribution in [3.63, 3.8) is 0 Å². The molecule has 3 atom stereocenters. The summed E-state index contributed by atoms with van der Waals surface area (Å²) >= 11 is 0. The van der Waals surface area contributed by atoms with Gasteiger partial charge in [-0.1, -0.05) is 6.42 Å². The average Bonchev–Trinajstić information content (AvgIpc) is 2.99. The monoisotopic (exact) mass is 279 g/mol. The number of nitrogens with one attached hydrogen (secondary N) is 1. The molecule has 20 heavy (non-hydrogen) atoms. The molecule has 0 aliphatic heterocycles. The van der Waals surface area contributed by atoms with Crippen LogP contribution in [0.2, 0.25) is 0 Å². The molecular formula is C16H19F2NO. The van der Waals surface area contributed by atoms with Gasteiger partial charge in [-0.2, -0.15) is 0 Å². The van der Waals surface area contributed by atoms with Gasteiger partial charge in [0.25, 0.3) is 0 Å². The highest BCUT2D eigenvalue weighted by molar-refractivity contribution is 5.79. The second-order valence-corrected chi connectivity index (χ2v) is 6.10. The predicted molar refractivity (Wildman–Crippen MR) is 72.0 cm³/mol. The van der Waals surface area contributed by atoms with E-state index in [0.29, 0.717) is 24.4 Å². The average molecular weight is 279 g/mol. The zero-order valence-electron chi connectivity index (χ0n) is 11.4. The Morgan fingerprint density at radius 1 is 1.15 bits per heavy atom. The Hall–Kier alpha value is -1.45. The summed E-state index contributed by atoms with van der Waals surface area (Å²) in [7, 11) is 0. The van der Waals surface area contributed by atoms with Crippen molar-refractivity contribution in [2.24, 2.45) is 17.8 Å². The third-order valence-corrected chi connectivity index (χ3v) is 4.71. The van der Waals surface area contributed by atoms with Gasteiger partial charge in [0.05, 0.1) is 0 Å². The van der Waals surface area contributed by atoms with E-state index in [2.05, 4.69) is 5.32 Å². The Bertz CT molecular complexity index is 497. The quantitative estimate of drug-likeness (QED) is 0.901. The van der Waals surface area contributed by atoms with Gasteiger partial charge < -0.3 is 5.32 Å². The van der Waals surface area contributed by atoms with Gasteiger partial charge in [-0.3, -0.25) is 4.79 Å². The molecule has 0 spiro atoms. The molecule has 0 saturated heterocycles. The highest BCUT2D eigenvalue weighted by Gasteiger charge is 2.42. The van der Waals surface area contributed by atoms with Crippen LogP contribution in [0.15, 0.2) is 18.2 Å². The van der Waals surface area contributed by atoms with E-state index < -0.39 is 11.6 Å². The number of hydrogen-bond donors (Lipinski definition) is 1. The van der Waals surface area contributed by atoms with Crippen LogP contribution in [0.1, 0.15) is 31.2 Å². The van der Waals surface area contributed by atoms with Crippen LogP contribution in [-0.4, -0.2) is 12.5 Å². The van der Waals surface area contributed by atoms with Crippen molar-refractivity contribution in [1.29, 1.82) is 0 Å². The van der Waals surface area contributed by atoms with E-state index in [9.17, 15) is 13.6 Å². The van der Waals surface area contributed by atoms with E-state index >= 15 is 0 Å². The van der Waals surface area contributed by atoms with Crippen molar-refractivity contribution in [2.45, 2.75) is 32.1 Å². The fourth-order valence-electron chi connectivity index (χ4n) is 3.78. The lowest BCUT2D eigenvalue weighted by Gasteiger charge is -2.20. The predicted octanol–water partition coefficient (Wildman–Crippen LogP) is 3.06. The van der Waals surface area contributed by atoms with Gasteiger partial charge in [0.2, 0.25) is 5.91 Å². The fourth-order valence-corrected chi connectivity index (χ4v) is 3.78. The second kappa shape index (κ2) is 5.51. The van der Waals surface area contributed by atoms with Crippen LogP contribution in [0.3, 0.4) is 0 Å². The van der Waals surface area contributed by atoms with Gasteiger partial charge in [-0.15, -0.1) is 0 Å². The molecule has 1 N–H and O–H groups in total. The molecule has 2 nitrogen and oxygen atoms in total. The summed E-state index contributed by atoms with van der Waals surface area (Å²) in [6.07, 6.45) is 5.13. The number of amides is 1.